The molecule has 1 saturated carbocycles. The van der Waals surface area contributed by atoms with Gasteiger partial charge in [-0.1, -0.05) is 25.7 Å². The van der Waals surface area contributed by atoms with Gasteiger partial charge in [0, 0.05) is 24.6 Å². The van der Waals surface area contributed by atoms with Crippen molar-refractivity contribution in [2.75, 3.05) is 24.6 Å². The molecular formula is C14H24N2O3S. The predicted octanol–water partition coefficient (Wildman–Crippen LogP) is 1.23. The van der Waals surface area contributed by atoms with Crippen LogP contribution in [0.1, 0.15) is 38.5 Å². The van der Waals surface area contributed by atoms with Crippen LogP contribution < -0.4 is 10.6 Å². The van der Waals surface area contributed by atoms with Crippen molar-refractivity contribution in [1.29, 1.82) is 0 Å². The first-order valence-electron chi connectivity index (χ1n) is 7.46. The molecule has 1 atom stereocenters. The third kappa shape index (κ3) is 3.88. The van der Waals surface area contributed by atoms with E-state index in [1.807, 2.05) is 0 Å². The van der Waals surface area contributed by atoms with Crippen molar-refractivity contribution in [3.63, 3.8) is 0 Å². The number of nitrogens with one attached hydrogen (secondary N) is 2. The lowest BCUT2D eigenvalue weighted by Crippen LogP contribution is -2.52. The van der Waals surface area contributed by atoms with Crippen LogP contribution in [0.3, 0.4) is 0 Å². The van der Waals surface area contributed by atoms with Crippen LogP contribution in [-0.4, -0.2) is 47.6 Å². The zero-order valence-electron chi connectivity index (χ0n) is 11.8. The lowest BCUT2D eigenvalue weighted by atomic mass is 9.80. The van der Waals surface area contributed by atoms with Crippen LogP contribution >= 0.6 is 11.8 Å². The van der Waals surface area contributed by atoms with Gasteiger partial charge in [0.05, 0.1) is 11.5 Å². The van der Waals surface area contributed by atoms with Crippen molar-refractivity contribution in [2.45, 2.75) is 44.6 Å². The van der Waals surface area contributed by atoms with Crippen LogP contribution in [0.15, 0.2) is 0 Å². The Morgan fingerprint density at radius 1 is 1.25 bits per heavy atom. The van der Waals surface area contributed by atoms with Gasteiger partial charge < -0.3 is 15.7 Å². The minimum atomic E-state index is -0.759. The van der Waals surface area contributed by atoms with Crippen molar-refractivity contribution >= 4 is 23.6 Å². The molecule has 0 aromatic carbocycles. The van der Waals surface area contributed by atoms with Gasteiger partial charge in [0.1, 0.15) is 0 Å². The lowest BCUT2D eigenvalue weighted by molar-refractivity contribution is -0.149. The number of carbonyl (C=O) groups excluding carboxylic acids is 1. The quantitative estimate of drug-likeness (QED) is 0.681. The fourth-order valence-electron chi connectivity index (χ4n) is 2.98. The highest BCUT2D eigenvalue weighted by molar-refractivity contribution is 7.99. The zero-order valence-corrected chi connectivity index (χ0v) is 12.6. The molecule has 114 valence electrons. The van der Waals surface area contributed by atoms with E-state index in [9.17, 15) is 14.7 Å². The Bertz CT molecular complexity index is 348. The van der Waals surface area contributed by atoms with Gasteiger partial charge in [-0.05, 0) is 12.8 Å². The summed E-state index contributed by atoms with van der Waals surface area (Å²) in [6.07, 6.45) is 5.44. The summed E-state index contributed by atoms with van der Waals surface area (Å²) >= 11 is 1.76. The van der Waals surface area contributed by atoms with E-state index >= 15 is 0 Å². The number of aliphatic carboxylic acids is 1. The average Bonchev–Trinajstić information content (AvgIpc) is 2.72. The first-order chi connectivity index (χ1) is 9.64. The number of carboxylic acid groups (broad SMARTS) is 1. The van der Waals surface area contributed by atoms with Gasteiger partial charge in [0.15, 0.2) is 0 Å². The molecule has 20 heavy (non-hydrogen) atoms. The topological polar surface area (TPSA) is 78.4 Å². The molecule has 1 aliphatic carbocycles. The highest BCUT2D eigenvalue weighted by Gasteiger charge is 2.39. The number of rotatable bonds is 4. The maximum Gasteiger partial charge on any atom is 0.311 e. The van der Waals surface area contributed by atoms with Crippen LogP contribution in [-0.2, 0) is 9.59 Å². The summed E-state index contributed by atoms with van der Waals surface area (Å²) < 4.78 is 0. The Morgan fingerprint density at radius 2 is 1.95 bits per heavy atom. The van der Waals surface area contributed by atoms with E-state index in [1.54, 1.807) is 11.8 Å². The number of thioether (sulfide) groups is 1. The zero-order chi connectivity index (χ0) is 14.4. The van der Waals surface area contributed by atoms with Gasteiger partial charge in [-0.15, -0.1) is 0 Å². The molecule has 0 aromatic rings. The van der Waals surface area contributed by atoms with E-state index in [0.29, 0.717) is 12.8 Å². The molecule has 6 heteroatoms. The number of hydrogen-bond acceptors (Lipinski definition) is 4. The highest BCUT2D eigenvalue weighted by atomic mass is 32.2. The number of hydrogen-bond donors (Lipinski definition) is 3. The van der Waals surface area contributed by atoms with E-state index in [-0.39, 0.29) is 18.5 Å². The Kier molecular flexibility index (Phi) is 5.72. The van der Waals surface area contributed by atoms with Crippen LogP contribution in [0.5, 0.6) is 0 Å². The van der Waals surface area contributed by atoms with Gasteiger partial charge >= 0.3 is 5.97 Å². The molecule has 3 N–H and O–H groups in total. The van der Waals surface area contributed by atoms with Gasteiger partial charge in [-0.25, -0.2) is 0 Å². The molecule has 2 aliphatic rings. The normalized spacial score (nSPS) is 26.5. The maximum absolute atomic E-state index is 12.1. The SMILES string of the molecule is O=C(NCC1(C(=O)O)CCCCCC1)C1CSCCN1. The van der Waals surface area contributed by atoms with E-state index in [0.717, 1.165) is 43.7 Å². The molecule has 1 aliphatic heterocycles. The second kappa shape index (κ2) is 7.31. The smallest absolute Gasteiger partial charge is 0.311 e. The third-order valence-corrected chi connectivity index (χ3v) is 5.42. The van der Waals surface area contributed by atoms with Crippen molar-refractivity contribution in [1.82, 2.24) is 10.6 Å². The van der Waals surface area contributed by atoms with E-state index in [4.69, 9.17) is 0 Å². The van der Waals surface area contributed by atoms with Crippen LogP contribution in [0.2, 0.25) is 0 Å². The Morgan fingerprint density at radius 3 is 2.50 bits per heavy atom. The number of amides is 1. The Balaban J connectivity index is 1.91. The largest absolute Gasteiger partial charge is 0.481 e. The van der Waals surface area contributed by atoms with Gasteiger partial charge in [-0.3, -0.25) is 9.59 Å². The summed E-state index contributed by atoms with van der Waals surface area (Å²) in [7, 11) is 0. The predicted molar refractivity (Wildman–Crippen MR) is 79.9 cm³/mol. The minimum absolute atomic E-state index is 0.0536. The summed E-state index contributed by atoms with van der Waals surface area (Å²) in [5, 5.41) is 15.6. The second-order valence-corrected chi connectivity index (χ2v) is 6.95. The molecule has 0 spiro atoms. The van der Waals surface area contributed by atoms with Crippen molar-refractivity contribution in [3.8, 4) is 0 Å². The lowest BCUT2D eigenvalue weighted by Gasteiger charge is -2.30. The van der Waals surface area contributed by atoms with Crippen LogP contribution in [0, 0.1) is 5.41 Å². The summed E-state index contributed by atoms with van der Waals surface area (Å²) in [5.41, 5.74) is -0.756. The molecule has 2 fully saturated rings. The van der Waals surface area contributed by atoms with Crippen molar-refractivity contribution in [3.05, 3.63) is 0 Å². The summed E-state index contributed by atoms with van der Waals surface area (Å²) in [5.74, 6) is 0.988. The van der Waals surface area contributed by atoms with E-state index < -0.39 is 11.4 Å². The fourth-order valence-corrected chi connectivity index (χ4v) is 3.92. The second-order valence-electron chi connectivity index (χ2n) is 5.80. The van der Waals surface area contributed by atoms with Gasteiger partial charge in [-0.2, -0.15) is 11.8 Å². The number of carbonyl (C=O) groups is 2. The third-order valence-electron chi connectivity index (χ3n) is 4.35. The molecule has 0 aromatic heterocycles. The van der Waals surface area contributed by atoms with Crippen LogP contribution in [0.4, 0.5) is 0 Å². The maximum atomic E-state index is 12.1. The summed E-state index contributed by atoms with van der Waals surface area (Å²) in [6, 6.07) is -0.176. The minimum Gasteiger partial charge on any atom is -0.481 e. The summed E-state index contributed by atoms with van der Waals surface area (Å²) in [4.78, 5) is 23.8. The molecule has 5 nitrogen and oxygen atoms in total. The molecule has 0 radical (unpaired) electrons. The monoisotopic (exact) mass is 300 g/mol. The van der Waals surface area contributed by atoms with Crippen LogP contribution in [0.25, 0.3) is 0 Å². The van der Waals surface area contributed by atoms with Crippen molar-refractivity contribution < 1.29 is 14.7 Å². The van der Waals surface area contributed by atoms with E-state index in [1.165, 1.54) is 0 Å². The Hall–Kier alpha value is -0.750. The van der Waals surface area contributed by atoms with Gasteiger partial charge in [0.2, 0.25) is 5.91 Å². The molecule has 1 heterocycles. The Labute approximate surface area is 124 Å². The molecular weight excluding hydrogens is 276 g/mol. The molecule has 1 amide bonds. The average molecular weight is 300 g/mol. The molecule has 1 saturated heterocycles. The molecule has 2 rings (SSSR count). The first-order valence-corrected chi connectivity index (χ1v) is 8.62. The first kappa shape index (κ1) is 15.6. The summed E-state index contributed by atoms with van der Waals surface area (Å²) in [6.45, 7) is 1.11. The standard InChI is InChI=1S/C14H24N2O3S/c17-12(11-9-20-8-7-15-11)16-10-14(13(18)19)5-3-1-2-4-6-14/h11,15H,1-10H2,(H,16,17)(H,18,19). The van der Waals surface area contributed by atoms with Crippen molar-refractivity contribution in [2.24, 2.45) is 5.41 Å². The molecule has 1 unspecified atom stereocenters. The fraction of sp³-hybridized carbons (Fsp3) is 0.857. The van der Waals surface area contributed by atoms with Gasteiger partial charge in [0.25, 0.3) is 0 Å². The number of carboxylic acids is 1. The molecule has 0 bridgehead atoms. The van der Waals surface area contributed by atoms with E-state index in [2.05, 4.69) is 10.6 Å². The highest BCUT2D eigenvalue weighted by Crippen LogP contribution is 2.34.